The van der Waals surface area contributed by atoms with Gasteiger partial charge >= 0.3 is 0 Å². The highest BCUT2D eigenvalue weighted by Gasteiger charge is 2.30. The van der Waals surface area contributed by atoms with Crippen LogP contribution in [0.2, 0.25) is 0 Å². The molecule has 0 atom stereocenters. The van der Waals surface area contributed by atoms with Crippen molar-refractivity contribution in [3.05, 3.63) is 47.7 Å². The van der Waals surface area contributed by atoms with Crippen LogP contribution in [0.25, 0.3) is 0 Å². The Labute approximate surface area is 221 Å². The van der Waals surface area contributed by atoms with Crippen LogP contribution in [0.4, 0.5) is 17.5 Å². The standard InChI is InChI=1S/C27H31N7O4/c28-16-19-3-4-21-15-23(19)38-12-2-1-9-29-27-30-17-22(24(31-21)33-27)25(35)32-20-5-10-34(11-6-20)26(36)18-7-13-37-14-8-18/h1-4,15,17-18,20H,5-14H2,(H,32,35)(H2,29,30,31,33)/b2-1-. The van der Waals surface area contributed by atoms with E-state index in [0.717, 1.165) is 12.8 Å². The molecule has 38 heavy (non-hydrogen) atoms. The summed E-state index contributed by atoms with van der Waals surface area (Å²) in [5, 5.41) is 18.8. The van der Waals surface area contributed by atoms with E-state index in [0.29, 0.717) is 86.6 Å². The van der Waals surface area contributed by atoms with Crippen molar-refractivity contribution in [2.24, 2.45) is 5.92 Å². The van der Waals surface area contributed by atoms with Gasteiger partial charge in [0, 0.05) is 62.8 Å². The Morgan fingerprint density at radius 2 is 1.95 bits per heavy atom. The lowest BCUT2D eigenvalue weighted by atomic mass is 9.96. The van der Waals surface area contributed by atoms with E-state index in [1.54, 1.807) is 18.2 Å². The number of ether oxygens (including phenoxy) is 2. The molecule has 1 aromatic heterocycles. The topological polar surface area (TPSA) is 142 Å². The quantitative estimate of drug-likeness (QED) is 0.524. The normalized spacial score (nSPS) is 19.2. The van der Waals surface area contributed by atoms with Gasteiger partial charge in [0.05, 0.1) is 5.56 Å². The van der Waals surface area contributed by atoms with E-state index in [1.807, 2.05) is 17.1 Å². The molecule has 4 heterocycles. The number of nitrogens with one attached hydrogen (secondary N) is 3. The maximum absolute atomic E-state index is 13.3. The summed E-state index contributed by atoms with van der Waals surface area (Å²) < 4.78 is 11.1. The Bertz CT molecular complexity index is 1240. The smallest absolute Gasteiger partial charge is 0.256 e. The van der Waals surface area contributed by atoms with Crippen LogP contribution in [-0.2, 0) is 9.53 Å². The molecule has 2 fully saturated rings. The third-order valence-electron chi connectivity index (χ3n) is 6.99. The van der Waals surface area contributed by atoms with Crippen LogP contribution in [0.5, 0.6) is 5.75 Å². The second-order valence-electron chi connectivity index (χ2n) is 9.53. The average Bonchev–Trinajstić information content (AvgIpc) is 2.96. The molecule has 3 aliphatic heterocycles. The summed E-state index contributed by atoms with van der Waals surface area (Å²) in [5.41, 5.74) is 1.34. The fourth-order valence-electron chi connectivity index (χ4n) is 4.83. The second kappa shape index (κ2) is 11.9. The average molecular weight is 518 g/mol. The van der Waals surface area contributed by atoms with Crippen LogP contribution in [0.1, 0.15) is 41.6 Å². The molecule has 3 aliphatic rings. The Hall–Kier alpha value is -4.17. The van der Waals surface area contributed by atoms with Crippen LogP contribution < -0.4 is 20.7 Å². The van der Waals surface area contributed by atoms with Crippen molar-refractivity contribution in [2.45, 2.75) is 31.7 Å². The summed E-state index contributed by atoms with van der Waals surface area (Å²) in [4.78, 5) is 36.9. The molecule has 4 bridgehead atoms. The molecule has 198 valence electrons. The molecule has 2 aromatic rings. The zero-order valence-electron chi connectivity index (χ0n) is 21.1. The number of nitrogens with zero attached hydrogens (tertiary/aromatic N) is 4. The number of carbonyl (C=O) groups is 2. The zero-order valence-corrected chi connectivity index (χ0v) is 21.1. The van der Waals surface area contributed by atoms with E-state index in [4.69, 9.17) is 9.47 Å². The molecule has 0 radical (unpaired) electrons. The molecule has 11 nitrogen and oxygen atoms in total. The van der Waals surface area contributed by atoms with E-state index in [2.05, 4.69) is 32.0 Å². The Morgan fingerprint density at radius 1 is 1.13 bits per heavy atom. The highest BCUT2D eigenvalue weighted by molar-refractivity contribution is 5.99. The number of piperidine rings is 1. The molecular weight excluding hydrogens is 486 g/mol. The molecule has 2 saturated heterocycles. The number of amides is 2. The first-order valence-electron chi connectivity index (χ1n) is 13.0. The van der Waals surface area contributed by atoms with Crippen LogP contribution in [-0.4, -0.2) is 72.2 Å². The minimum atomic E-state index is -0.289. The summed E-state index contributed by atoms with van der Waals surface area (Å²) in [6.45, 7) is 3.31. The lowest BCUT2D eigenvalue weighted by Crippen LogP contribution is -2.48. The number of hydrogen-bond donors (Lipinski definition) is 3. The lowest BCUT2D eigenvalue weighted by molar-refractivity contribution is -0.139. The molecule has 3 N–H and O–H groups in total. The van der Waals surface area contributed by atoms with Gasteiger partial charge in [-0.2, -0.15) is 10.2 Å². The van der Waals surface area contributed by atoms with Crippen LogP contribution in [0, 0.1) is 17.2 Å². The predicted molar refractivity (Wildman–Crippen MR) is 140 cm³/mol. The first-order chi connectivity index (χ1) is 18.6. The number of anilines is 3. The van der Waals surface area contributed by atoms with Gasteiger partial charge in [0.25, 0.3) is 5.91 Å². The predicted octanol–water partition coefficient (Wildman–Crippen LogP) is 2.60. The molecule has 5 rings (SSSR count). The van der Waals surface area contributed by atoms with Gasteiger partial charge in [-0.1, -0.05) is 6.08 Å². The highest BCUT2D eigenvalue weighted by Crippen LogP contribution is 2.27. The van der Waals surface area contributed by atoms with Gasteiger partial charge < -0.3 is 30.3 Å². The Morgan fingerprint density at radius 3 is 2.74 bits per heavy atom. The van der Waals surface area contributed by atoms with Crippen molar-refractivity contribution < 1.29 is 19.1 Å². The summed E-state index contributed by atoms with van der Waals surface area (Å²) in [6, 6.07) is 7.19. The van der Waals surface area contributed by atoms with Crippen LogP contribution in [0.3, 0.4) is 0 Å². The molecule has 1 aromatic carbocycles. The van der Waals surface area contributed by atoms with Gasteiger partial charge in [0.2, 0.25) is 11.9 Å². The third kappa shape index (κ3) is 6.03. The van der Waals surface area contributed by atoms with Crippen LogP contribution in [0.15, 0.2) is 36.5 Å². The van der Waals surface area contributed by atoms with Gasteiger partial charge in [-0.25, -0.2) is 4.98 Å². The summed E-state index contributed by atoms with van der Waals surface area (Å²) in [6.07, 6.45) is 8.15. The fraction of sp³-hybridized carbons (Fsp3) is 0.444. The van der Waals surface area contributed by atoms with Gasteiger partial charge in [-0.05, 0) is 43.9 Å². The van der Waals surface area contributed by atoms with Gasteiger partial charge in [-0.3, -0.25) is 9.59 Å². The van der Waals surface area contributed by atoms with Crippen molar-refractivity contribution in [3.8, 4) is 11.8 Å². The van der Waals surface area contributed by atoms with Crippen molar-refractivity contribution >= 4 is 29.3 Å². The Kier molecular flexibility index (Phi) is 7.99. The number of benzene rings is 1. The zero-order chi connectivity index (χ0) is 26.3. The number of aromatic nitrogens is 2. The van der Waals surface area contributed by atoms with Crippen LogP contribution >= 0.6 is 0 Å². The van der Waals surface area contributed by atoms with E-state index in [1.165, 1.54) is 6.20 Å². The van der Waals surface area contributed by atoms with E-state index < -0.39 is 0 Å². The van der Waals surface area contributed by atoms with Gasteiger partial charge in [-0.15, -0.1) is 0 Å². The highest BCUT2D eigenvalue weighted by atomic mass is 16.5. The summed E-state index contributed by atoms with van der Waals surface area (Å²) >= 11 is 0. The minimum Gasteiger partial charge on any atom is -0.488 e. The molecule has 0 spiro atoms. The number of rotatable bonds is 3. The second-order valence-corrected chi connectivity index (χ2v) is 9.53. The monoisotopic (exact) mass is 517 g/mol. The van der Waals surface area contributed by atoms with Gasteiger partial charge in [0.15, 0.2) is 0 Å². The largest absolute Gasteiger partial charge is 0.488 e. The maximum Gasteiger partial charge on any atom is 0.256 e. The van der Waals surface area contributed by atoms with E-state index in [9.17, 15) is 14.9 Å². The molecular formula is C27H31N7O4. The number of hydrogen-bond acceptors (Lipinski definition) is 9. The first-order valence-corrected chi connectivity index (χ1v) is 13.0. The fourth-order valence-corrected chi connectivity index (χ4v) is 4.83. The number of carbonyl (C=O) groups excluding carboxylic acids is 2. The SMILES string of the molecule is N#Cc1ccc2cc1OC/C=C\CNc1ncc(C(=O)NC3CCN(C(=O)C4CCOCC4)CC3)c(n1)N2. The van der Waals surface area contributed by atoms with Crippen molar-refractivity contribution in [2.75, 3.05) is 50.1 Å². The minimum absolute atomic E-state index is 0.0427. The van der Waals surface area contributed by atoms with Gasteiger partial charge in [0.1, 0.15) is 29.8 Å². The third-order valence-corrected chi connectivity index (χ3v) is 6.99. The van der Waals surface area contributed by atoms with E-state index >= 15 is 0 Å². The molecule has 0 aliphatic carbocycles. The van der Waals surface area contributed by atoms with Crippen molar-refractivity contribution in [3.63, 3.8) is 0 Å². The summed E-state index contributed by atoms with van der Waals surface area (Å²) in [7, 11) is 0. The van der Waals surface area contributed by atoms with Crippen molar-refractivity contribution in [1.82, 2.24) is 20.2 Å². The first kappa shape index (κ1) is 25.5. The van der Waals surface area contributed by atoms with E-state index in [-0.39, 0.29) is 23.8 Å². The number of fused-ring (bicyclic) bond motifs is 4. The number of likely N-dealkylation sites (tertiary alicyclic amines) is 1. The molecule has 0 saturated carbocycles. The number of nitriles is 1. The Balaban J connectivity index is 1.28. The lowest BCUT2D eigenvalue weighted by Gasteiger charge is -2.35. The summed E-state index contributed by atoms with van der Waals surface area (Å²) in [5.74, 6) is 1.11. The molecule has 0 unspecified atom stereocenters. The molecule has 11 heteroatoms. The molecule has 2 amide bonds. The van der Waals surface area contributed by atoms with Crippen molar-refractivity contribution in [1.29, 1.82) is 5.26 Å². The maximum atomic E-state index is 13.3.